The molecule has 1 aromatic heterocycles. The molecule has 0 aliphatic heterocycles. The maximum Gasteiger partial charge on any atom is 0.0662 e. The molecule has 2 N–H and O–H groups in total. The van der Waals surface area contributed by atoms with Gasteiger partial charge in [-0.1, -0.05) is 6.92 Å². The van der Waals surface area contributed by atoms with Gasteiger partial charge in [0, 0.05) is 18.8 Å². The highest BCUT2D eigenvalue weighted by atomic mass is 16.5. The molecule has 0 radical (unpaired) electrons. The molecule has 4 heteroatoms. The van der Waals surface area contributed by atoms with Crippen LogP contribution in [0.15, 0.2) is 12.4 Å². The first-order chi connectivity index (χ1) is 7.26. The van der Waals surface area contributed by atoms with Crippen molar-refractivity contribution in [2.45, 2.75) is 39.3 Å². The molecule has 15 heavy (non-hydrogen) atoms. The van der Waals surface area contributed by atoms with Crippen molar-refractivity contribution in [2.24, 2.45) is 5.73 Å². The lowest BCUT2D eigenvalue weighted by Crippen LogP contribution is -2.21. The fraction of sp³-hybridized carbons (Fsp3) is 0.727. The molecule has 0 fully saturated rings. The Kier molecular flexibility index (Phi) is 5.36. The van der Waals surface area contributed by atoms with E-state index in [4.69, 9.17) is 10.5 Å². The summed E-state index contributed by atoms with van der Waals surface area (Å²) in [6.45, 7) is 6.39. The molecular formula is C11H21N3O. The maximum atomic E-state index is 5.87. The molecule has 1 unspecified atom stereocenters. The molecule has 0 bridgehead atoms. The lowest BCUT2D eigenvalue weighted by atomic mass is 10.1. The van der Waals surface area contributed by atoms with E-state index in [2.05, 4.69) is 18.2 Å². The number of hydrogen-bond donors (Lipinski definition) is 1. The largest absolute Gasteiger partial charge is 0.380 e. The van der Waals surface area contributed by atoms with Gasteiger partial charge in [0.2, 0.25) is 0 Å². The van der Waals surface area contributed by atoms with Crippen LogP contribution in [0.5, 0.6) is 0 Å². The second kappa shape index (κ2) is 6.58. The van der Waals surface area contributed by atoms with Crippen LogP contribution in [0.2, 0.25) is 0 Å². The Hall–Kier alpha value is -0.870. The van der Waals surface area contributed by atoms with E-state index in [-0.39, 0.29) is 6.04 Å². The molecule has 1 atom stereocenters. The standard InChI is InChI=1S/C11H21N3O/c1-3-11(12)7-10-8-13-14(9-10)5-6-15-4-2/h8-9,11H,3-7,12H2,1-2H3. The zero-order valence-corrected chi connectivity index (χ0v) is 9.65. The van der Waals surface area contributed by atoms with Gasteiger partial charge in [-0.2, -0.15) is 5.10 Å². The monoisotopic (exact) mass is 211 g/mol. The molecule has 0 aliphatic rings. The first-order valence-electron chi connectivity index (χ1n) is 5.60. The molecule has 1 aromatic rings. The van der Waals surface area contributed by atoms with Crippen LogP contribution < -0.4 is 5.73 Å². The number of nitrogens with two attached hydrogens (primary N) is 1. The maximum absolute atomic E-state index is 5.87. The van der Waals surface area contributed by atoms with Crippen LogP contribution in [-0.2, 0) is 17.7 Å². The van der Waals surface area contributed by atoms with Gasteiger partial charge in [0.1, 0.15) is 0 Å². The van der Waals surface area contributed by atoms with Crippen molar-refractivity contribution in [3.63, 3.8) is 0 Å². The van der Waals surface area contributed by atoms with E-state index >= 15 is 0 Å². The summed E-state index contributed by atoms with van der Waals surface area (Å²) < 4.78 is 7.17. The molecule has 0 aliphatic carbocycles. The molecule has 86 valence electrons. The molecular weight excluding hydrogens is 190 g/mol. The van der Waals surface area contributed by atoms with Crippen molar-refractivity contribution >= 4 is 0 Å². The molecule has 0 saturated heterocycles. The first-order valence-corrected chi connectivity index (χ1v) is 5.60. The van der Waals surface area contributed by atoms with Crippen molar-refractivity contribution in [2.75, 3.05) is 13.2 Å². The molecule has 0 aromatic carbocycles. The van der Waals surface area contributed by atoms with Gasteiger partial charge in [-0.3, -0.25) is 4.68 Å². The summed E-state index contributed by atoms with van der Waals surface area (Å²) in [6, 6.07) is 0.245. The van der Waals surface area contributed by atoms with Crippen LogP contribution in [0.1, 0.15) is 25.8 Å². The number of hydrogen-bond acceptors (Lipinski definition) is 3. The Balaban J connectivity index is 2.35. The van der Waals surface area contributed by atoms with Gasteiger partial charge in [-0.15, -0.1) is 0 Å². The second-order valence-electron chi connectivity index (χ2n) is 3.68. The van der Waals surface area contributed by atoms with Gasteiger partial charge in [-0.25, -0.2) is 0 Å². The SMILES string of the molecule is CCOCCn1cc(CC(N)CC)cn1. The predicted molar refractivity (Wildman–Crippen MR) is 60.7 cm³/mol. The molecule has 4 nitrogen and oxygen atoms in total. The quantitative estimate of drug-likeness (QED) is 0.689. The Morgan fingerprint density at radius 2 is 2.33 bits per heavy atom. The Morgan fingerprint density at radius 1 is 1.53 bits per heavy atom. The summed E-state index contributed by atoms with van der Waals surface area (Å²) in [6.07, 6.45) is 5.85. The normalized spacial score (nSPS) is 13.0. The number of nitrogens with zero attached hydrogens (tertiary/aromatic N) is 2. The average Bonchev–Trinajstić information content (AvgIpc) is 2.66. The molecule has 1 heterocycles. The summed E-state index contributed by atoms with van der Waals surface area (Å²) >= 11 is 0. The van der Waals surface area contributed by atoms with Crippen molar-refractivity contribution in [1.29, 1.82) is 0 Å². The summed E-state index contributed by atoms with van der Waals surface area (Å²) in [7, 11) is 0. The van der Waals surface area contributed by atoms with Gasteiger partial charge >= 0.3 is 0 Å². The molecule has 0 spiro atoms. The fourth-order valence-corrected chi connectivity index (χ4v) is 1.38. The van der Waals surface area contributed by atoms with Gasteiger partial charge in [-0.05, 0) is 25.3 Å². The Labute approximate surface area is 91.4 Å². The summed E-state index contributed by atoms with van der Waals surface area (Å²) in [5, 5.41) is 4.26. The number of aromatic nitrogens is 2. The molecule has 0 amide bonds. The minimum absolute atomic E-state index is 0.245. The van der Waals surface area contributed by atoms with E-state index in [1.807, 2.05) is 17.8 Å². The predicted octanol–water partition coefficient (Wildman–Crippen LogP) is 1.20. The smallest absolute Gasteiger partial charge is 0.0662 e. The summed E-state index contributed by atoms with van der Waals surface area (Å²) in [4.78, 5) is 0. The highest BCUT2D eigenvalue weighted by Crippen LogP contribution is 2.03. The van der Waals surface area contributed by atoms with Gasteiger partial charge in [0.05, 0.1) is 19.3 Å². The summed E-state index contributed by atoms with van der Waals surface area (Å²) in [5.74, 6) is 0. The number of ether oxygens (including phenoxy) is 1. The van der Waals surface area contributed by atoms with E-state index in [0.717, 1.165) is 32.6 Å². The van der Waals surface area contributed by atoms with Crippen LogP contribution in [-0.4, -0.2) is 29.0 Å². The third-order valence-electron chi connectivity index (χ3n) is 2.38. The minimum Gasteiger partial charge on any atom is -0.380 e. The van der Waals surface area contributed by atoms with Crippen LogP contribution in [0, 0.1) is 0 Å². The third kappa shape index (κ3) is 4.44. The van der Waals surface area contributed by atoms with Crippen molar-refractivity contribution in [3.8, 4) is 0 Å². The fourth-order valence-electron chi connectivity index (χ4n) is 1.38. The van der Waals surface area contributed by atoms with Crippen molar-refractivity contribution < 1.29 is 4.74 Å². The van der Waals surface area contributed by atoms with Crippen molar-refractivity contribution in [1.82, 2.24) is 9.78 Å². The summed E-state index contributed by atoms with van der Waals surface area (Å²) in [5.41, 5.74) is 7.08. The second-order valence-corrected chi connectivity index (χ2v) is 3.68. The zero-order chi connectivity index (χ0) is 11.1. The van der Waals surface area contributed by atoms with E-state index in [9.17, 15) is 0 Å². The van der Waals surface area contributed by atoms with E-state index in [1.165, 1.54) is 5.56 Å². The first kappa shape index (κ1) is 12.2. The number of rotatable bonds is 7. The molecule has 0 saturated carbocycles. The van der Waals surface area contributed by atoms with Gasteiger partial charge in [0.15, 0.2) is 0 Å². The average molecular weight is 211 g/mol. The lowest BCUT2D eigenvalue weighted by molar-refractivity contribution is 0.136. The molecule has 1 rings (SSSR count). The van der Waals surface area contributed by atoms with Crippen LogP contribution in [0.25, 0.3) is 0 Å². The third-order valence-corrected chi connectivity index (χ3v) is 2.38. The Bertz CT molecular complexity index is 273. The highest BCUT2D eigenvalue weighted by molar-refractivity contribution is 5.05. The van der Waals surface area contributed by atoms with E-state index < -0.39 is 0 Å². The highest BCUT2D eigenvalue weighted by Gasteiger charge is 2.03. The lowest BCUT2D eigenvalue weighted by Gasteiger charge is -2.05. The van der Waals surface area contributed by atoms with Crippen LogP contribution in [0.4, 0.5) is 0 Å². The van der Waals surface area contributed by atoms with Gasteiger partial charge < -0.3 is 10.5 Å². The van der Waals surface area contributed by atoms with Crippen LogP contribution in [0.3, 0.4) is 0 Å². The Morgan fingerprint density at radius 3 is 3.00 bits per heavy atom. The topological polar surface area (TPSA) is 53.1 Å². The van der Waals surface area contributed by atoms with E-state index in [1.54, 1.807) is 0 Å². The zero-order valence-electron chi connectivity index (χ0n) is 9.65. The van der Waals surface area contributed by atoms with Gasteiger partial charge in [0.25, 0.3) is 0 Å². The van der Waals surface area contributed by atoms with Crippen LogP contribution >= 0.6 is 0 Å². The van der Waals surface area contributed by atoms with E-state index in [0.29, 0.717) is 0 Å². The minimum atomic E-state index is 0.245. The van der Waals surface area contributed by atoms with Crippen molar-refractivity contribution in [3.05, 3.63) is 18.0 Å².